The van der Waals surface area contributed by atoms with Crippen LogP contribution in [0.1, 0.15) is 35.7 Å². The van der Waals surface area contributed by atoms with Crippen molar-refractivity contribution in [1.82, 2.24) is 0 Å². The third-order valence-corrected chi connectivity index (χ3v) is 4.15. The monoisotopic (exact) mass is 350 g/mol. The number of aliphatic hydroxyl groups is 1. The lowest BCUT2D eigenvalue weighted by Gasteiger charge is -2.27. The molecule has 2 aromatic rings. The van der Waals surface area contributed by atoms with E-state index in [1.54, 1.807) is 48.5 Å². The van der Waals surface area contributed by atoms with Crippen LogP contribution in [0.2, 0.25) is 10.0 Å². The molecule has 0 fully saturated rings. The van der Waals surface area contributed by atoms with E-state index in [-0.39, 0.29) is 18.6 Å². The van der Waals surface area contributed by atoms with E-state index in [0.29, 0.717) is 21.2 Å². The normalized spacial score (nSPS) is 13.4. The van der Waals surface area contributed by atoms with Gasteiger partial charge in [-0.3, -0.25) is 4.79 Å². The lowest BCUT2D eigenvalue weighted by molar-refractivity contribution is -0.118. The van der Waals surface area contributed by atoms with Gasteiger partial charge in [0.15, 0.2) is 11.4 Å². The maximum atomic E-state index is 12.8. The second-order valence-electron chi connectivity index (χ2n) is 5.41. The lowest BCUT2D eigenvalue weighted by atomic mass is 9.82. The summed E-state index contributed by atoms with van der Waals surface area (Å²) >= 11 is 11.7. The second-order valence-corrected chi connectivity index (χ2v) is 6.28. The van der Waals surface area contributed by atoms with Crippen molar-refractivity contribution < 1.29 is 14.7 Å². The number of hydrogen-bond donors (Lipinski definition) is 1. The van der Waals surface area contributed by atoms with Crippen molar-refractivity contribution in [2.45, 2.75) is 25.4 Å². The van der Waals surface area contributed by atoms with Crippen LogP contribution >= 0.6 is 23.2 Å². The van der Waals surface area contributed by atoms with Gasteiger partial charge in [0.25, 0.3) is 0 Å². The Kier molecular flexibility index (Phi) is 5.58. The number of hydrogen-bond acceptors (Lipinski definition) is 3. The maximum absolute atomic E-state index is 12.8. The van der Waals surface area contributed by atoms with Crippen molar-refractivity contribution in [3.8, 4) is 0 Å². The minimum Gasteiger partial charge on any atom is -0.377 e. The fraction of sp³-hybridized carbons (Fsp3) is 0.222. The number of carbonyl (C=O) groups is 2. The van der Waals surface area contributed by atoms with Gasteiger partial charge >= 0.3 is 0 Å². The molecule has 0 aromatic heterocycles. The third-order valence-electron chi connectivity index (χ3n) is 3.64. The first-order chi connectivity index (χ1) is 10.8. The molecule has 0 saturated heterocycles. The van der Waals surface area contributed by atoms with Gasteiger partial charge in [0.2, 0.25) is 0 Å². The van der Waals surface area contributed by atoms with Crippen molar-refractivity contribution in [1.29, 1.82) is 0 Å². The molecule has 120 valence electrons. The molecule has 0 amide bonds. The van der Waals surface area contributed by atoms with Gasteiger partial charge in [-0.05, 0) is 55.3 Å². The van der Waals surface area contributed by atoms with Gasteiger partial charge in [0, 0.05) is 22.0 Å². The Bertz CT molecular complexity index is 708. The average molecular weight is 351 g/mol. The molecule has 0 bridgehead atoms. The van der Waals surface area contributed by atoms with Crippen LogP contribution in [-0.4, -0.2) is 16.7 Å². The highest BCUT2D eigenvalue weighted by Crippen LogP contribution is 2.32. The highest BCUT2D eigenvalue weighted by atomic mass is 35.5. The summed E-state index contributed by atoms with van der Waals surface area (Å²) < 4.78 is 0. The zero-order valence-electron chi connectivity index (χ0n) is 12.6. The molecule has 0 aliphatic carbocycles. The molecule has 1 atom stereocenters. The standard InChI is InChI=1S/C18H16Cl2O3/c1-12(21)10-11-18(23,14-4-8-16(20)9-5-14)17(22)13-2-6-15(19)7-3-13/h2-9,23H,10-11H2,1H3. The number of ketones is 2. The molecule has 0 spiro atoms. The van der Waals surface area contributed by atoms with Crippen LogP contribution in [0.3, 0.4) is 0 Å². The second kappa shape index (κ2) is 7.26. The maximum Gasteiger partial charge on any atom is 0.198 e. The average Bonchev–Trinajstić information content (AvgIpc) is 2.53. The first kappa shape index (κ1) is 17.7. The van der Waals surface area contributed by atoms with E-state index in [4.69, 9.17) is 23.2 Å². The minimum atomic E-state index is -1.79. The van der Waals surface area contributed by atoms with Gasteiger partial charge in [0.1, 0.15) is 5.78 Å². The molecule has 0 aliphatic heterocycles. The van der Waals surface area contributed by atoms with Crippen LogP contribution in [0, 0.1) is 0 Å². The van der Waals surface area contributed by atoms with E-state index in [0.717, 1.165) is 0 Å². The summed E-state index contributed by atoms with van der Waals surface area (Å²) in [4.78, 5) is 24.2. The largest absolute Gasteiger partial charge is 0.377 e. The highest BCUT2D eigenvalue weighted by Gasteiger charge is 2.38. The van der Waals surface area contributed by atoms with Crippen LogP contribution in [-0.2, 0) is 10.4 Å². The molecule has 0 saturated carbocycles. The van der Waals surface area contributed by atoms with E-state index in [1.165, 1.54) is 6.92 Å². The van der Waals surface area contributed by atoms with Gasteiger partial charge in [-0.1, -0.05) is 35.3 Å². The summed E-state index contributed by atoms with van der Waals surface area (Å²) in [6.07, 6.45) is 0.101. The van der Waals surface area contributed by atoms with Crippen LogP contribution in [0.5, 0.6) is 0 Å². The smallest absolute Gasteiger partial charge is 0.198 e. The van der Waals surface area contributed by atoms with E-state index < -0.39 is 11.4 Å². The SMILES string of the molecule is CC(=O)CCC(O)(C(=O)c1ccc(Cl)cc1)c1ccc(Cl)cc1. The molecular weight excluding hydrogens is 335 g/mol. The Morgan fingerprint density at radius 3 is 1.91 bits per heavy atom. The van der Waals surface area contributed by atoms with Crippen molar-refractivity contribution in [2.75, 3.05) is 0 Å². The quantitative estimate of drug-likeness (QED) is 0.783. The van der Waals surface area contributed by atoms with Crippen molar-refractivity contribution in [2.24, 2.45) is 0 Å². The van der Waals surface area contributed by atoms with Gasteiger partial charge in [-0.25, -0.2) is 0 Å². The fourth-order valence-corrected chi connectivity index (χ4v) is 2.56. The molecule has 3 nitrogen and oxygen atoms in total. The first-order valence-corrected chi connectivity index (χ1v) is 7.87. The molecule has 2 aromatic carbocycles. The third kappa shape index (κ3) is 4.20. The number of halogens is 2. The lowest BCUT2D eigenvalue weighted by Crippen LogP contribution is -2.36. The number of carbonyl (C=O) groups excluding carboxylic acids is 2. The van der Waals surface area contributed by atoms with Crippen LogP contribution < -0.4 is 0 Å². The summed E-state index contributed by atoms with van der Waals surface area (Å²) in [7, 11) is 0. The Balaban J connectivity index is 2.43. The van der Waals surface area contributed by atoms with Crippen LogP contribution in [0.25, 0.3) is 0 Å². The van der Waals surface area contributed by atoms with Crippen molar-refractivity contribution in [3.05, 3.63) is 69.7 Å². The zero-order valence-corrected chi connectivity index (χ0v) is 14.1. The molecule has 2 rings (SSSR count). The van der Waals surface area contributed by atoms with Gasteiger partial charge < -0.3 is 9.90 Å². The van der Waals surface area contributed by atoms with Gasteiger partial charge in [-0.15, -0.1) is 0 Å². The van der Waals surface area contributed by atoms with E-state index in [1.807, 2.05) is 0 Å². The van der Waals surface area contributed by atoms with Crippen LogP contribution in [0.4, 0.5) is 0 Å². The predicted octanol–water partition coefficient (Wildman–Crippen LogP) is 4.43. The van der Waals surface area contributed by atoms with Crippen LogP contribution in [0.15, 0.2) is 48.5 Å². The van der Waals surface area contributed by atoms with E-state index in [9.17, 15) is 14.7 Å². The summed E-state index contributed by atoms with van der Waals surface area (Å²) in [5.74, 6) is -0.570. The number of benzene rings is 2. The highest BCUT2D eigenvalue weighted by molar-refractivity contribution is 6.31. The molecule has 0 heterocycles. The summed E-state index contributed by atoms with van der Waals surface area (Å²) in [6, 6.07) is 12.7. The summed E-state index contributed by atoms with van der Waals surface area (Å²) in [6.45, 7) is 1.43. The predicted molar refractivity (Wildman–Crippen MR) is 91.0 cm³/mol. The Hall–Kier alpha value is -1.68. The molecule has 0 radical (unpaired) electrons. The van der Waals surface area contributed by atoms with E-state index in [2.05, 4.69) is 0 Å². The topological polar surface area (TPSA) is 54.4 Å². The molecule has 1 N–H and O–H groups in total. The Morgan fingerprint density at radius 2 is 1.43 bits per heavy atom. The van der Waals surface area contributed by atoms with Crippen molar-refractivity contribution >= 4 is 34.8 Å². The fourth-order valence-electron chi connectivity index (χ4n) is 2.31. The van der Waals surface area contributed by atoms with Gasteiger partial charge in [-0.2, -0.15) is 0 Å². The molecular formula is C18H16Cl2O3. The molecule has 0 aliphatic rings. The Morgan fingerprint density at radius 1 is 0.957 bits per heavy atom. The number of Topliss-reactive ketones (excluding diaryl/α,β-unsaturated/α-hetero) is 2. The zero-order chi connectivity index (χ0) is 17.0. The minimum absolute atomic E-state index is 0.00538. The molecule has 1 unspecified atom stereocenters. The summed E-state index contributed by atoms with van der Waals surface area (Å²) in [5, 5.41) is 12.0. The molecule has 5 heteroatoms. The van der Waals surface area contributed by atoms with Crippen molar-refractivity contribution in [3.63, 3.8) is 0 Å². The molecule has 23 heavy (non-hydrogen) atoms. The summed E-state index contributed by atoms with van der Waals surface area (Å²) in [5.41, 5.74) is -1.05. The first-order valence-electron chi connectivity index (χ1n) is 7.11. The van der Waals surface area contributed by atoms with Gasteiger partial charge in [0.05, 0.1) is 0 Å². The number of rotatable bonds is 6. The Labute approximate surface area is 144 Å². The van der Waals surface area contributed by atoms with E-state index >= 15 is 0 Å².